The lowest BCUT2D eigenvalue weighted by atomic mass is 9.83. The smallest absolute Gasteiger partial charge is 0.336 e. The minimum absolute atomic E-state index is 0.0437. The number of rotatable bonds is 5. The number of esters is 1. The Kier molecular flexibility index (Phi) is 5.42. The molecule has 2 aromatic rings. The summed E-state index contributed by atoms with van der Waals surface area (Å²) in [5, 5.41) is 0. The Morgan fingerprint density at radius 3 is 2.30 bits per heavy atom. The Morgan fingerprint density at radius 1 is 0.967 bits per heavy atom. The Bertz CT molecular complexity index is 1050. The van der Waals surface area contributed by atoms with Crippen LogP contribution in [0.1, 0.15) is 17.9 Å². The van der Waals surface area contributed by atoms with Crippen molar-refractivity contribution in [3.8, 4) is 17.2 Å². The number of carbonyl (C=O) groups excluding carboxylic acids is 2. The maximum absolute atomic E-state index is 13.2. The topological polar surface area (TPSA) is 74.3 Å². The minimum Gasteiger partial charge on any atom is -0.493 e. The zero-order chi connectivity index (χ0) is 21.4. The molecule has 0 spiro atoms. The van der Waals surface area contributed by atoms with Crippen molar-refractivity contribution in [2.45, 2.75) is 12.3 Å². The van der Waals surface area contributed by atoms with Crippen LogP contribution in [0.25, 0.3) is 0 Å². The fourth-order valence-corrected chi connectivity index (χ4v) is 4.27. The van der Waals surface area contributed by atoms with Crippen molar-refractivity contribution in [3.05, 3.63) is 57.7 Å². The molecule has 0 aliphatic carbocycles. The van der Waals surface area contributed by atoms with Crippen LogP contribution in [0.2, 0.25) is 0 Å². The van der Waals surface area contributed by atoms with Gasteiger partial charge in [-0.05, 0) is 30.3 Å². The summed E-state index contributed by atoms with van der Waals surface area (Å²) in [6, 6.07) is 10.9. The highest BCUT2D eigenvalue weighted by Crippen LogP contribution is 2.49. The van der Waals surface area contributed by atoms with Crippen LogP contribution in [0.4, 0.5) is 5.69 Å². The van der Waals surface area contributed by atoms with Gasteiger partial charge in [-0.1, -0.05) is 22.0 Å². The van der Waals surface area contributed by atoms with E-state index in [1.807, 2.05) is 24.3 Å². The van der Waals surface area contributed by atoms with Crippen LogP contribution < -0.4 is 19.1 Å². The molecule has 1 atom stereocenters. The first-order valence-corrected chi connectivity index (χ1v) is 10.1. The SMILES string of the molecule is COc1ccc(C2CC(=O)N(c3ccc(Br)cc3)C3=C2C(=O)OC3)c(OC)c1OC. The van der Waals surface area contributed by atoms with Crippen LogP contribution >= 0.6 is 15.9 Å². The van der Waals surface area contributed by atoms with Crippen molar-refractivity contribution < 1.29 is 28.5 Å². The van der Waals surface area contributed by atoms with Crippen LogP contribution in [0.5, 0.6) is 17.2 Å². The Labute approximate surface area is 182 Å². The number of anilines is 1. The molecule has 156 valence electrons. The summed E-state index contributed by atoms with van der Waals surface area (Å²) in [4.78, 5) is 27.5. The van der Waals surface area contributed by atoms with Gasteiger partial charge in [0.2, 0.25) is 11.7 Å². The molecule has 2 aliphatic rings. The third-order valence-corrected chi connectivity index (χ3v) is 5.84. The van der Waals surface area contributed by atoms with Crippen molar-refractivity contribution in [2.24, 2.45) is 0 Å². The lowest BCUT2D eigenvalue weighted by Gasteiger charge is -2.32. The van der Waals surface area contributed by atoms with Gasteiger partial charge >= 0.3 is 5.97 Å². The first-order chi connectivity index (χ1) is 14.5. The Balaban J connectivity index is 1.86. The molecule has 8 heteroatoms. The van der Waals surface area contributed by atoms with Crippen molar-refractivity contribution >= 4 is 33.5 Å². The molecule has 0 saturated carbocycles. The number of benzene rings is 2. The summed E-state index contributed by atoms with van der Waals surface area (Å²) in [5.41, 5.74) is 2.38. The van der Waals surface area contributed by atoms with Gasteiger partial charge in [0.25, 0.3) is 0 Å². The number of ether oxygens (including phenoxy) is 4. The largest absolute Gasteiger partial charge is 0.493 e. The molecule has 1 amide bonds. The van der Waals surface area contributed by atoms with Crippen molar-refractivity contribution in [3.63, 3.8) is 0 Å². The van der Waals surface area contributed by atoms with E-state index in [1.165, 1.54) is 21.3 Å². The van der Waals surface area contributed by atoms with Crippen LogP contribution in [-0.2, 0) is 14.3 Å². The number of halogens is 1. The zero-order valence-corrected chi connectivity index (χ0v) is 18.3. The first kappa shape index (κ1) is 20.3. The van der Waals surface area contributed by atoms with E-state index in [-0.39, 0.29) is 18.9 Å². The van der Waals surface area contributed by atoms with Crippen molar-refractivity contribution in [2.75, 3.05) is 32.8 Å². The molecule has 0 fully saturated rings. The average Bonchev–Trinajstić information content (AvgIpc) is 3.14. The maximum Gasteiger partial charge on any atom is 0.336 e. The molecule has 0 N–H and O–H groups in total. The van der Waals surface area contributed by atoms with Gasteiger partial charge in [0, 0.05) is 28.1 Å². The second-order valence-electron chi connectivity index (χ2n) is 6.82. The van der Waals surface area contributed by atoms with Gasteiger partial charge in [0.15, 0.2) is 11.5 Å². The van der Waals surface area contributed by atoms with Gasteiger partial charge < -0.3 is 18.9 Å². The monoisotopic (exact) mass is 473 g/mol. The van der Waals surface area contributed by atoms with Crippen LogP contribution in [-0.4, -0.2) is 39.8 Å². The number of nitrogens with zero attached hydrogens (tertiary/aromatic N) is 1. The van der Waals surface area contributed by atoms with Crippen LogP contribution in [0.15, 0.2) is 52.1 Å². The van der Waals surface area contributed by atoms with E-state index in [0.29, 0.717) is 39.8 Å². The molecule has 1 unspecified atom stereocenters. The van der Waals surface area contributed by atoms with Gasteiger partial charge in [-0.2, -0.15) is 0 Å². The van der Waals surface area contributed by atoms with Crippen molar-refractivity contribution in [1.82, 2.24) is 0 Å². The quantitative estimate of drug-likeness (QED) is 0.614. The molecule has 2 heterocycles. The number of carbonyl (C=O) groups is 2. The van der Waals surface area contributed by atoms with Gasteiger partial charge in [0.05, 0.1) is 32.6 Å². The Hall–Kier alpha value is -3.00. The zero-order valence-electron chi connectivity index (χ0n) is 16.7. The predicted molar refractivity (Wildman–Crippen MR) is 113 cm³/mol. The predicted octanol–water partition coefficient (Wildman–Crippen LogP) is 3.81. The highest BCUT2D eigenvalue weighted by Gasteiger charge is 2.44. The van der Waals surface area contributed by atoms with E-state index in [9.17, 15) is 9.59 Å². The standard InChI is InChI=1S/C22H20BrNO6/c1-27-17-9-8-14(20(28-2)21(17)29-3)15-10-18(25)24(13-6-4-12(23)5-7-13)16-11-30-22(26)19(15)16/h4-9,15H,10-11H2,1-3H3. The normalized spacial score (nSPS) is 18.3. The molecular weight excluding hydrogens is 454 g/mol. The lowest BCUT2D eigenvalue weighted by molar-refractivity contribution is -0.136. The molecule has 0 saturated heterocycles. The van der Waals surface area contributed by atoms with E-state index in [1.54, 1.807) is 17.0 Å². The number of amides is 1. The van der Waals surface area contributed by atoms with Gasteiger partial charge in [-0.25, -0.2) is 4.79 Å². The third kappa shape index (κ3) is 3.21. The first-order valence-electron chi connectivity index (χ1n) is 9.27. The second-order valence-corrected chi connectivity index (χ2v) is 7.74. The fraction of sp³-hybridized carbons (Fsp3) is 0.273. The minimum atomic E-state index is -0.510. The maximum atomic E-state index is 13.2. The number of hydrogen-bond acceptors (Lipinski definition) is 6. The van der Waals surface area contributed by atoms with E-state index in [4.69, 9.17) is 18.9 Å². The summed E-state index contributed by atoms with van der Waals surface area (Å²) >= 11 is 3.40. The second kappa shape index (κ2) is 8.02. The molecule has 0 aromatic heterocycles. The summed E-state index contributed by atoms with van der Waals surface area (Å²) in [6.45, 7) is 0.0437. The number of hydrogen-bond donors (Lipinski definition) is 0. The summed E-state index contributed by atoms with van der Waals surface area (Å²) in [5.74, 6) is 0.272. The summed E-state index contributed by atoms with van der Waals surface area (Å²) in [6.07, 6.45) is 0.0931. The average molecular weight is 474 g/mol. The molecule has 30 heavy (non-hydrogen) atoms. The molecular formula is C22H20BrNO6. The summed E-state index contributed by atoms with van der Waals surface area (Å²) in [7, 11) is 4.56. The Morgan fingerprint density at radius 2 is 1.67 bits per heavy atom. The molecule has 7 nitrogen and oxygen atoms in total. The number of cyclic esters (lactones) is 1. The van der Waals surface area contributed by atoms with Crippen LogP contribution in [0, 0.1) is 0 Å². The summed E-state index contributed by atoms with van der Waals surface area (Å²) < 4.78 is 22.7. The van der Waals surface area contributed by atoms with E-state index >= 15 is 0 Å². The van der Waals surface area contributed by atoms with E-state index in [0.717, 1.165) is 4.47 Å². The van der Waals surface area contributed by atoms with Gasteiger partial charge in [-0.15, -0.1) is 0 Å². The lowest BCUT2D eigenvalue weighted by Crippen LogP contribution is -2.37. The van der Waals surface area contributed by atoms with Gasteiger partial charge in [0.1, 0.15) is 6.61 Å². The molecule has 4 rings (SSSR count). The van der Waals surface area contributed by atoms with Crippen molar-refractivity contribution in [1.29, 1.82) is 0 Å². The van der Waals surface area contributed by atoms with E-state index in [2.05, 4.69) is 15.9 Å². The van der Waals surface area contributed by atoms with E-state index < -0.39 is 11.9 Å². The van der Waals surface area contributed by atoms with Crippen LogP contribution in [0.3, 0.4) is 0 Å². The third-order valence-electron chi connectivity index (χ3n) is 5.31. The fourth-order valence-electron chi connectivity index (χ4n) is 4.01. The molecule has 0 radical (unpaired) electrons. The highest BCUT2D eigenvalue weighted by atomic mass is 79.9. The number of methoxy groups -OCH3 is 3. The molecule has 2 aliphatic heterocycles. The highest BCUT2D eigenvalue weighted by molar-refractivity contribution is 9.10. The molecule has 0 bridgehead atoms. The van der Waals surface area contributed by atoms with Gasteiger partial charge in [-0.3, -0.25) is 9.69 Å². The molecule has 2 aromatic carbocycles.